The van der Waals surface area contributed by atoms with Gasteiger partial charge in [0.1, 0.15) is 6.04 Å². The van der Waals surface area contributed by atoms with Gasteiger partial charge in [0.2, 0.25) is 11.8 Å². The summed E-state index contributed by atoms with van der Waals surface area (Å²) in [5.41, 5.74) is 0. The second-order valence-corrected chi connectivity index (χ2v) is 4.68. The van der Waals surface area contributed by atoms with Crippen molar-refractivity contribution in [2.75, 3.05) is 19.7 Å². The van der Waals surface area contributed by atoms with Gasteiger partial charge in [-0.15, -0.1) is 0 Å². The third-order valence-corrected chi connectivity index (χ3v) is 3.47. The fourth-order valence-electron chi connectivity index (χ4n) is 2.50. The summed E-state index contributed by atoms with van der Waals surface area (Å²) in [6, 6.07) is -0.318. The largest absolute Gasteiger partial charge is 0.376 e. The number of carbonyl (C=O) groups is 2. The van der Waals surface area contributed by atoms with Crippen molar-refractivity contribution in [3.63, 3.8) is 0 Å². The molecule has 2 heterocycles. The Morgan fingerprint density at radius 2 is 2.24 bits per heavy atom. The monoisotopic (exact) mass is 240 g/mol. The number of rotatable bonds is 3. The summed E-state index contributed by atoms with van der Waals surface area (Å²) in [7, 11) is 0. The van der Waals surface area contributed by atoms with Crippen LogP contribution in [0.15, 0.2) is 0 Å². The van der Waals surface area contributed by atoms with Crippen LogP contribution in [0, 0.1) is 0 Å². The van der Waals surface area contributed by atoms with Crippen LogP contribution >= 0.6 is 0 Å². The molecule has 0 aliphatic carbocycles. The van der Waals surface area contributed by atoms with Gasteiger partial charge in [-0.25, -0.2) is 0 Å². The molecule has 0 aromatic heterocycles. The molecule has 2 rings (SSSR count). The lowest BCUT2D eigenvalue weighted by Gasteiger charge is -2.37. The molecule has 0 radical (unpaired) electrons. The van der Waals surface area contributed by atoms with Gasteiger partial charge in [0.15, 0.2) is 0 Å². The Morgan fingerprint density at radius 3 is 2.88 bits per heavy atom. The van der Waals surface area contributed by atoms with E-state index in [0.717, 1.165) is 25.9 Å². The van der Waals surface area contributed by atoms with Gasteiger partial charge >= 0.3 is 0 Å². The molecule has 2 aliphatic rings. The summed E-state index contributed by atoms with van der Waals surface area (Å²) in [6.07, 6.45) is 4.00. The van der Waals surface area contributed by atoms with E-state index in [1.165, 1.54) is 0 Å². The quantitative estimate of drug-likeness (QED) is 0.771. The summed E-state index contributed by atoms with van der Waals surface area (Å²) in [5.74, 6) is -0.0338. The van der Waals surface area contributed by atoms with Crippen LogP contribution in [0.5, 0.6) is 0 Å². The van der Waals surface area contributed by atoms with Gasteiger partial charge in [-0.2, -0.15) is 0 Å². The van der Waals surface area contributed by atoms with Gasteiger partial charge in [0.05, 0.1) is 12.6 Å². The Bertz CT molecular complexity index is 300. The van der Waals surface area contributed by atoms with E-state index in [1.807, 2.05) is 6.92 Å². The predicted molar refractivity (Wildman–Crippen MR) is 62.4 cm³/mol. The van der Waals surface area contributed by atoms with E-state index in [4.69, 9.17) is 4.74 Å². The zero-order valence-electron chi connectivity index (χ0n) is 10.3. The molecule has 1 N–H and O–H groups in total. The lowest BCUT2D eigenvalue weighted by atomic mass is 10.1. The molecule has 5 nitrogen and oxygen atoms in total. The first kappa shape index (κ1) is 12.4. The highest BCUT2D eigenvalue weighted by Gasteiger charge is 2.34. The smallest absolute Gasteiger partial charge is 0.243 e. The average Bonchev–Trinajstić information content (AvgIpc) is 2.35. The van der Waals surface area contributed by atoms with Crippen molar-refractivity contribution in [2.24, 2.45) is 0 Å². The normalized spacial score (nSPS) is 30.3. The predicted octanol–water partition coefficient (Wildman–Crippen LogP) is 0.293. The molecule has 17 heavy (non-hydrogen) atoms. The number of carbonyl (C=O) groups excluding carboxylic acids is 2. The summed E-state index contributed by atoms with van der Waals surface area (Å²) in [6.45, 7) is 3.39. The van der Waals surface area contributed by atoms with Crippen LogP contribution in [0.2, 0.25) is 0 Å². The van der Waals surface area contributed by atoms with E-state index >= 15 is 0 Å². The fourth-order valence-corrected chi connectivity index (χ4v) is 2.50. The van der Waals surface area contributed by atoms with E-state index in [1.54, 1.807) is 4.90 Å². The Labute approximate surface area is 101 Å². The molecule has 96 valence electrons. The summed E-state index contributed by atoms with van der Waals surface area (Å²) < 4.78 is 5.63. The number of ether oxygens (including phenoxy) is 1. The third kappa shape index (κ3) is 2.77. The van der Waals surface area contributed by atoms with Crippen LogP contribution in [0.1, 0.15) is 32.6 Å². The first-order valence-electron chi connectivity index (χ1n) is 6.41. The second-order valence-electron chi connectivity index (χ2n) is 4.68. The molecule has 2 fully saturated rings. The number of piperazine rings is 1. The van der Waals surface area contributed by atoms with Gasteiger partial charge in [-0.3, -0.25) is 9.59 Å². The van der Waals surface area contributed by atoms with Crippen molar-refractivity contribution in [3.05, 3.63) is 0 Å². The van der Waals surface area contributed by atoms with Crippen molar-refractivity contribution in [3.8, 4) is 0 Å². The molecule has 0 aromatic carbocycles. The summed E-state index contributed by atoms with van der Waals surface area (Å²) in [5, 5.41) is 2.63. The van der Waals surface area contributed by atoms with E-state index in [9.17, 15) is 9.59 Å². The van der Waals surface area contributed by atoms with Crippen molar-refractivity contribution >= 4 is 11.8 Å². The van der Waals surface area contributed by atoms with Crippen LogP contribution in [-0.2, 0) is 14.3 Å². The van der Waals surface area contributed by atoms with Crippen molar-refractivity contribution in [2.45, 2.75) is 44.8 Å². The first-order chi connectivity index (χ1) is 8.22. The van der Waals surface area contributed by atoms with Crippen LogP contribution in [0.25, 0.3) is 0 Å². The molecule has 0 aromatic rings. The standard InChI is InChI=1S/C12H20N2O3/c1-2-10-12(16)13-7-11(15)14(10)8-9-5-3-4-6-17-9/h9-10H,2-8H2,1H3,(H,13,16). The van der Waals surface area contributed by atoms with Gasteiger partial charge in [0, 0.05) is 13.2 Å². The number of hydrogen-bond donors (Lipinski definition) is 1. The summed E-state index contributed by atoms with van der Waals surface area (Å²) >= 11 is 0. The molecule has 2 unspecified atom stereocenters. The molecule has 0 bridgehead atoms. The number of nitrogens with zero attached hydrogens (tertiary/aromatic N) is 1. The van der Waals surface area contributed by atoms with Gasteiger partial charge in [0.25, 0.3) is 0 Å². The molecular weight excluding hydrogens is 220 g/mol. The minimum absolute atomic E-state index is 0.00521. The van der Waals surface area contributed by atoms with E-state index in [2.05, 4.69) is 5.32 Å². The Kier molecular flexibility index (Phi) is 3.99. The number of nitrogens with one attached hydrogen (secondary N) is 1. The van der Waals surface area contributed by atoms with Crippen LogP contribution in [-0.4, -0.2) is 48.6 Å². The molecule has 2 saturated heterocycles. The minimum atomic E-state index is -0.318. The van der Waals surface area contributed by atoms with E-state index in [0.29, 0.717) is 13.0 Å². The summed E-state index contributed by atoms with van der Waals surface area (Å²) in [4.78, 5) is 25.2. The zero-order chi connectivity index (χ0) is 12.3. The molecule has 5 heteroatoms. The highest BCUT2D eigenvalue weighted by Crippen LogP contribution is 2.17. The maximum absolute atomic E-state index is 11.8. The van der Waals surface area contributed by atoms with E-state index in [-0.39, 0.29) is 30.5 Å². The number of hydrogen-bond acceptors (Lipinski definition) is 3. The van der Waals surface area contributed by atoms with Crippen molar-refractivity contribution in [1.82, 2.24) is 10.2 Å². The lowest BCUT2D eigenvalue weighted by molar-refractivity contribution is -0.148. The Hall–Kier alpha value is -1.10. The van der Waals surface area contributed by atoms with Crippen molar-refractivity contribution in [1.29, 1.82) is 0 Å². The molecule has 2 atom stereocenters. The van der Waals surface area contributed by atoms with Crippen LogP contribution < -0.4 is 5.32 Å². The van der Waals surface area contributed by atoms with Crippen LogP contribution in [0.4, 0.5) is 0 Å². The molecule has 2 amide bonds. The minimum Gasteiger partial charge on any atom is -0.376 e. The van der Waals surface area contributed by atoms with Gasteiger partial charge in [-0.1, -0.05) is 6.92 Å². The lowest BCUT2D eigenvalue weighted by Crippen LogP contribution is -2.59. The highest BCUT2D eigenvalue weighted by atomic mass is 16.5. The van der Waals surface area contributed by atoms with E-state index < -0.39 is 0 Å². The molecule has 0 saturated carbocycles. The zero-order valence-corrected chi connectivity index (χ0v) is 10.3. The molecule has 2 aliphatic heterocycles. The highest BCUT2D eigenvalue weighted by molar-refractivity contribution is 5.94. The molecular formula is C12H20N2O3. The fraction of sp³-hybridized carbons (Fsp3) is 0.833. The van der Waals surface area contributed by atoms with Crippen LogP contribution in [0.3, 0.4) is 0 Å². The Morgan fingerprint density at radius 1 is 1.41 bits per heavy atom. The van der Waals surface area contributed by atoms with Gasteiger partial charge < -0.3 is 15.0 Å². The molecule has 0 spiro atoms. The average molecular weight is 240 g/mol. The Balaban J connectivity index is 1.99. The maximum atomic E-state index is 11.8. The maximum Gasteiger partial charge on any atom is 0.243 e. The second kappa shape index (κ2) is 5.49. The van der Waals surface area contributed by atoms with Crippen molar-refractivity contribution < 1.29 is 14.3 Å². The third-order valence-electron chi connectivity index (χ3n) is 3.47. The first-order valence-corrected chi connectivity index (χ1v) is 6.41. The SMILES string of the molecule is CCC1C(=O)NCC(=O)N1CC1CCCCO1. The topological polar surface area (TPSA) is 58.6 Å². The number of amides is 2. The van der Waals surface area contributed by atoms with Gasteiger partial charge in [-0.05, 0) is 25.7 Å².